The summed E-state index contributed by atoms with van der Waals surface area (Å²) in [6, 6.07) is 4.81. The van der Waals surface area contributed by atoms with Gasteiger partial charge in [-0.3, -0.25) is 0 Å². The summed E-state index contributed by atoms with van der Waals surface area (Å²) < 4.78 is 18.9. The first kappa shape index (κ1) is 13.1. The molecule has 0 fully saturated rings. The highest BCUT2D eigenvalue weighted by Gasteiger charge is 2.21. The molecule has 18 heavy (non-hydrogen) atoms. The summed E-state index contributed by atoms with van der Waals surface area (Å²) in [4.78, 5) is 0. The van der Waals surface area contributed by atoms with Crippen molar-refractivity contribution in [2.45, 2.75) is 19.9 Å². The van der Waals surface area contributed by atoms with Gasteiger partial charge >= 0.3 is 0 Å². The van der Waals surface area contributed by atoms with E-state index in [9.17, 15) is 4.39 Å². The van der Waals surface area contributed by atoms with E-state index in [2.05, 4.69) is 5.32 Å². The van der Waals surface area contributed by atoms with Crippen molar-refractivity contribution in [3.8, 4) is 0 Å². The van der Waals surface area contributed by atoms with Crippen LogP contribution in [0.3, 0.4) is 0 Å². The zero-order valence-corrected chi connectivity index (χ0v) is 11.3. The molecule has 2 rings (SSSR count). The molecule has 1 aromatic heterocycles. The maximum absolute atomic E-state index is 13.4. The van der Waals surface area contributed by atoms with Crippen molar-refractivity contribution in [3.05, 3.63) is 57.8 Å². The molecule has 1 atom stereocenters. The lowest BCUT2D eigenvalue weighted by Crippen LogP contribution is -2.18. The van der Waals surface area contributed by atoms with Crippen molar-refractivity contribution >= 4 is 11.6 Å². The number of hydrogen-bond acceptors (Lipinski definition) is 2. The van der Waals surface area contributed by atoms with Crippen LogP contribution >= 0.6 is 11.6 Å². The Morgan fingerprint density at radius 1 is 1.28 bits per heavy atom. The molecule has 2 nitrogen and oxygen atoms in total. The molecule has 0 spiro atoms. The summed E-state index contributed by atoms with van der Waals surface area (Å²) in [5, 5.41) is 3.54. The van der Waals surface area contributed by atoms with Gasteiger partial charge in [-0.15, -0.1) is 0 Å². The predicted octanol–water partition coefficient (Wildman–Crippen LogP) is 4.00. The second-order valence-corrected chi connectivity index (χ2v) is 4.72. The van der Waals surface area contributed by atoms with E-state index in [0.717, 1.165) is 16.9 Å². The summed E-state index contributed by atoms with van der Waals surface area (Å²) >= 11 is 6.12. The van der Waals surface area contributed by atoms with Crippen molar-refractivity contribution in [3.63, 3.8) is 0 Å². The van der Waals surface area contributed by atoms with Crippen LogP contribution in [0.5, 0.6) is 0 Å². The number of hydrogen-bond donors (Lipinski definition) is 1. The second-order valence-electron chi connectivity index (χ2n) is 4.31. The van der Waals surface area contributed by atoms with Crippen LogP contribution in [0.4, 0.5) is 4.39 Å². The molecule has 1 aromatic carbocycles. The van der Waals surface area contributed by atoms with E-state index >= 15 is 0 Å². The minimum absolute atomic E-state index is 0.174. The lowest BCUT2D eigenvalue weighted by atomic mass is 10.00. The number of benzene rings is 1. The number of aryl methyl sites for hydroxylation is 2. The third-order valence-electron chi connectivity index (χ3n) is 3.04. The van der Waals surface area contributed by atoms with E-state index in [0.29, 0.717) is 10.6 Å². The Labute approximate surface area is 111 Å². The first-order chi connectivity index (χ1) is 8.54. The van der Waals surface area contributed by atoms with Gasteiger partial charge in [0.15, 0.2) is 0 Å². The molecule has 1 N–H and O–H groups in total. The fourth-order valence-corrected chi connectivity index (χ4v) is 2.27. The smallest absolute Gasteiger partial charge is 0.128 e. The summed E-state index contributed by atoms with van der Waals surface area (Å²) in [5.41, 5.74) is 2.42. The monoisotopic (exact) mass is 267 g/mol. The number of rotatable bonds is 3. The Bertz CT molecular complexity index is 565. The van der Waals surface area contributed by atoms with E-state index in [4.69, 9.17) is 16.0 Å². The molecule has 0 saturated carbocycles. The molecule has 0 bridgehead atoms. The largest absolute Gasteiger partial charge is 0.467 e. The summed E-state index contributed by atoms with van der Waals surface area (Å²) in [6.45, 7) is 3.68. The van der Waals surface area contributed by atoms with Gasteiger partial charge in [0.05, 0.1) is 12.3 Å². The van der Waals surface area contributed by atoms with Gasteiger partial charge in [-0.05, 0) is 55.8 Å². The van der Waals surface area contributed by atoms with Crippen LogP contribution in [0.2, 0.25) is 5.02 Å². The quantitative estimate of drug-likeness (QED) is 0.909. The fourth-order valence-electron chi connectivity index (χ4n) is 2.01. The Balaban J connectivity index is 2.52. The number of furan rings is 1. The third-order valence-corrected chi connectivity index (χ3v) is 3.37. The Morgan fingerprint density at radius 2 is 2.00 bits per heavy atom. The van der Waals surface area contributed by atoms with Crippen LogP contribution in [0.15, 0.2) is 28.9 Å². The zero-order chi connectivity index (χ0) is 13.3. The first-order valence-electron chi connectivity index (χ1n) is 5.71. The molecule has 96 valence electrons. The molecule has 0 amide bonds. The minimum atomic E-state index is -0.297. The molecular weight excluding hydrogens is 253 g/mol. The minimum Gasteiger partial charge on any atom is -0.467 e. The number of nitrogens with one attached hydrogen (secondary N) is 1. The van der Waals surface area contributed by atoms with Gasteiger partial charge in [0.2, 0.25) is 0 Å². The molecule has 0 aliphatic rings. The summed E-state index contributed by atoms with van der Waals surface area (Å²) in [5.74, 6) is 0.500. The highest BCUT2D eigenvalue weighted by Crippen LogP contribution is 2.32. The lowest BCUT2D eigenvalue weighted by Gasteiger charge is -2.17. The second kappa shape index (κ2) is 5.12. The average molecular weight is 268 g/mol. The average Bonchev–Trinajstić information content (AvgIpc) is 2.73. The van der Waals surface area contributed by atoms with Crippen LogP contribution in [0, 0.1) is 19.7 Å². The molecule has 0 radical (unpaired) electrons. The Kier molecular flexibility index (Phi) is 3.73. The predicted molar refractivity (Wildman–Crippen MR) is 70.5 cm³/mol. The van der Waals surface area contributed by atoms with Gasteiger partial charge in [-0.2, -0.15) is 0 Å². The Hall–Kier alpha value is -1.32. The maximum atomic E-state index is 13.4. The SMILES string of the molecule is CNC(c1cc(C)c(F)cc1Cl)c1occc1C. The topological polar surface area (TPSA) is 25.2 Å². The highest BCUT2D eigenvalue weighted by molar-refractivity contribution is 6.31. The molecule has 1 unspecified atom stereocenters. The molecule has 2 aromatic rings. The van der Waals surface area contributed by atoms with Crippen molar-refractivity contribution < 1.29 is 8.81 Å². The van der Waals surface area contributed by atoms with Crippen molar-refractivity contribution in [2.24, 2.45) is 0 Å². The maximum Gasteiger partial charge on any atom is 0.128 e. The van der Waals surface area contributed by atoms with Crippen LogP contribution in [0.25, 0.3) is 0 Å². The fraction of sp³-hybridized carbons (Fsp3) is 0.286. The Morgan fingerprint density at radius 3 is 2.56 bits per heavy atom. The van der Waals surface area contributed by atoms with Crippen LogP contribution < -0.4 is 5.32 Å². The third kappa shape index (κ3) is 2.28. The lowest BCUT2D eigenvalue weighted by molar-refractivity contribution is 0.460. The van der Waals surface area contributed by atoms with Gasteiger partial charge in [0.1, 0.15) is 11.6 Å². The molecule has 1 heterocycles. The molecule has 0 saturated heterocycles. The van der Waals surface area contributed by atoms with Gasteiger partial charge < -0.3 is 9.73 Å². The first-order valence-corrected chi connectivity index (χ1v) is 6.09. The number of halogens is 2. The highest BCUT2D eigenvalue weighted by atomic mass is 35.5. The van der Waals surface area contributed by atoms with E-state index in [1.165, 1.54) is 6.07 Å². The van der Waals surface area contributed by atoms with Gasteiger partial charge in [-0.1, -0.05) is 11.6 Å². The van der Waals surface area contributed by atoms with Crippen molar-refractivity contribution in [2.75, 3.05) is 7.05 Å². The van der Waals surface area contributed by atoms with Crippen LogP contribution in [-0.4, -0.2) is 7.05 Å². The van der Waals surface area contributed by atoms with E-state index < -0.39 is 0 Å². The van der Waals surface area contributed by atoms with Crippen molar-refractivity contribution in [1.29, 1.82) is 0 Å². The van der Waals surface area contributed by atoms with E-state index in [-0.39, 0.29) is 11.9 Å². The van der Waals surface area contributed by atoms with Crippen molar-refractivity contribution in [1.82, 2.24) is 5.32 Å². The van der Waals surface area contributed by atoms with Gasteiger partial charge in [0.25, 0.3) is 0 Å². The van der Waals surface area contributed by atoms with Crippen LogP contribution in [0.1, 0.15) is 28.5 Å². The zero-order valence-electron chi connectivity index (χ0n) is 10.6. The van der Waals surface area contributed by atoms with Gasteiger partial charge in [-0.25, -0.2) is 4.39 Å². The van der Waals surface area contributed by atoms with E-state index in [1.807, 2.05) is 20.0 Å². The van der Waals surface area contributed by atoms with Crippen LogP contribution in [-0.2, 0) is 0 Å². The normalized spacial score (nSPS) is 12.7. The van der Waals surface area contributed by atoms with E-state index in [1.54, 1.807) is 19.3 Å². The molecule has 0 aliphatic carbocycles. The van der Waals surface area contributed by atoms with Gasteiger partial charge in [0, 0.05) is 5.02 Å². The standard InChI is InChI=1S/C14H15ClFNO/c1-8-4-5-18-14(8)13(17-3)10-6-9(2)12(16)7-11(10)15/h4-7,13,17H,1-3H3. The molecule has 4 heteroatoms. The summed E-state index contributed by atoms with van der Waals surface area (Å²) in [6.07, 6.45) is 1.64. The molecule has 0 aliphatic heterocycles. The summed E-state index contributed by atoms with van der Waals surface area (Å²) in [7, 11) is 1.82. The molecular formula is C14H15ClFNO.